The first-order chi connectivity index (χ1) is 24.1. The van der Waals surface area contributed by atoms with E-state index in [0.717, 1.165) is 59.3 Å². The van der Waals surface area contributed by atoms with E-state index in [1.165, 1.54) is 0 Å². The monoisotopic (exact) mass is 768 g/mol. The van der Waals surface area contributed by atoms with Crippen LogP contribution in [0.2, 0.25) is 0 Å². The van der Waals surface area contributed by atoms with Crippen LogP contribution in [0.5, 0.6) is 0 Å². The van der Waals surface area contributed by atoms with Crippen LogP contribution in [-0.2, 0) is 54.1 Å². The molecule has 13 nitrogen and oxygen atoms in total. The lowest BCUT2D eigenvalue weighted by Crippen LogP contribution is -2.56. The van der Waals surface area contributed by atoms with E-state index in [1.807, 2.05) is 36.4 Å². The van der Waals surface area contributed by atoms with Gasteiger partial charge in [0.2, 0.25) is 17.7 Å². The fourth-order valence-electron chi connectivity index (χ4n) is 5.19. The summed E-state index contributed by atoms with van der Waals surface area (Å²) in [5.41, 5.74) is 1.65. The maximum atomic E-state index is 14.2. The molecule has 4 aromatic rings. The van der Waals surface area contributed by atoms with Crippen LogP contribution in [0.4, 0.5) is 17.6 Å². The first-order valence-electron chi connectivity index (χ1n) is 15.3. The molecule has 0 saturated heterocycles. The van der Waals surface area contributed by atoms with Crippen LogP contribution < -0.4 is 22.1 Å². The standard InChI is InChI=1S/C33H34F4N4O9P2/c34-32(35,51(45,46)47)24-11-6-19(7-12-24)17-27(29(39)42)40-31(44)28(18-20-8-13-25(14-9-20)33(36,37)52(48,49)50)41-30(43)26(38)16-21-5-10-22-3-1-2-4-23(22)15-21/h1-15,26-28H,16-18,38H2,(H2,39,42)(H,40,44)(H,41,43)(H2,45,46,47)(H2,48,49,50). The van der Waals surface area contributed by atoms with Gasteiger partial charge in [-0.3, -0.25) is 23.5 Å². The third-order valence-corrected chi connectivity index (χ3v) is 10.1. The first-order valence-corrected chi connectivity index (χ1v) is 18.5. The van der Waals surface area contributed by atoms with Crippen LogP contribution in [0.25, 0.3) is 10.8 Å². The predicted molar refractivity (Wildman–Crippen MR) is 181 cm³/mol. The fraction of sp³-hybridized carbons (Fsp3) is 0.242. The van der Waals surface area contributed by atoms with Crippen LogP contribution in [0.1, 0.15) is 27.8 Å². The lowest BCUT2D eigenvalue weighted by atomic mass is 9.99. The third kappa shape index (κ3) is 9.49. The van der Waals surface area contributed by atoms with Gasteiger partial charge in [-0.2, -0.15) is 17.6 Å². The highest BCUT2D eigenvalue weighted by Crippen LogP contribution is 2.60. The average molecular weight is 769 g/mol. The summed E-state index contributed by atoms with van der Waals surface area (Å²) >= 11 is 0. The second-order valence-corrected chi connectivity index (χ2v) is 15.3. The molecule has 0 bridgehead atoms. The topological polar surface area (TPSA) is 242 Å². The number of hydrogen-bond donors (Lipinski definition) is 8. The Kier molecular flexibility index (Phi) is 12.1. The molecule has 3 amide bonds. The maximum Gasteiger partial charge on any atom is 0.399 e. The summed E-state index contributed by atoms with van der Waals surface area (Å²) in [6.07, 6.45) is -0.727. The second kappa shape index (κ2) is 15.6. The Morgan fingerprint density at radius 3 is 1.50 bits per heavy atom. The van der Waals surface area contributed by atoms with Gasteiger partial charge in [0.25, 0.3) is 0 Å². The van der Waals surface area contributed by atoms with E-state index < -0.39 is 73.5 Å². The van der Waals surface area contributed by atoms with Crippen molar-refractivity contribution in [2.45, 2.75) is 48.7 Å². The number of fused-ring (bicyclic) bond motifs is 1. The number of nitrogens with one attached hydrogen (secondary N) is 2. The quantitative estimate of drug-likeness (QED) is 0.0649. The minimum Gasteiger partial charge on any atom is -0.368 e. The van der Waals surface area contributed by atoms with E-state index in [-0.39, 0.29) is 30.4 Å². The molecule has 0 radical (unpaired) electrons. The van der Waals surface area contributed by atoms with Gasteiger partial charge < -0.3 is 41.7 Å². The van der Waals surface area contributed by atoms with Crippen molar-refractivity contribution >= 4 is 43.7 Å². The van der Waals surface area contributed by atoms with Gasteiger partial charge in [0.15, 0.2) is 0 Å². The van der Waals surface area contributed by atoms with Gasteiger partial charge in [0.05, 0.1) is 6.04 Å². The van der Waals surface area contributed by atoms with Crippen LogP contribution >= 0.6 is 15.2 Å². The molecule has 4 rings (SSSR count). The Labute approximate surface area is 293 Å². The van der Waals surface area contributed by atoms with Crippen molar-refractivity contribution in [1.29, 1.82) is 0 Å². The van der Waals surface area contributed by atoms with Gasteiger partial charge in [0.1, 0.15) is 12.1 Å². The van der Waals surface area contributed by atoms with E-state index >= 15 is 0 Å². The Bertz CT molecular complexity index is 2040. The predicted octanol–water partition coefficient (Wildman–Crippen LogP) is 3.10. The molecule has 4 aromatic carbocycles. The summed E-state index contributed by atoms with van der Waals surface area (Å²) < 4.78 is 79.2. The summed E-state index contributed by atoms with van der Waals surface area (Å²) in [5, 5.41) is 6.68. The van der Waals surface area contributed by atoms with Gasteiger partial charge >= 0.3 is 26.5 Å². The molecular formula is C33H34F4N4O9P2. The molecule has 52 heavy (non-hydrogen) atoms. The van der Waals surface area contributed by atoms with Crippen molar-refractivity contribution in [3.63, 3.8) is 0 Å². The zero-order chi connectivity index (χ0) is 38.6. The molecule has 0 aliphatic heterocycles. The summed E-state index contributed by atoms with van der Waals surface area (Å²) in [4.78, 5) is 75.3. The van der Waals surface area contributed by atoms with Crippen molar-refractivity contribution in [3.05, 3.63) is 119 Å². The van der Waals surface area contributed by atoms with Gasteiger partial charge in [-0.15, -0.1) is 0 Å². The highest BCUT2D eigenvalue weighted by molar-refractivity contribution is 7.52. The average Bonchev–Trinajstić information content (AvgIpc) is 3.07. The van der Waals surface area contributed by atoms with E-state index in [0.29, 0.717) is 5.56 Å². The first kappa shape index (κ1) is 40.3. The number of primary amides is 1. The second-order valence-electron chi connectivity index (χ2n) is 12.0. The number of rotatable bonds is 15. The van der Waals surface area contributed by atoms with Crippen molar-refractivity contribution in [3.8, 4) is 0 Å². The van der Waals surface area contributed by atoms with E-state index in [4.69, 9.17) is 31.0 Å². The van der Waals surface area contributed by atoms with Crippen LogP contribution in [0.15, 0.2) is 91.0 Å². The van der Waals surface area contributed by atoms with Gasteiger partial charge in [-0.25, -0.2) is 0 Å². The summed E-state index contributed by atoms with van der Waals surface area (Å²) in [7, 11) is -11.7. The third-order valence-electron chi connectivity index (χ3n) is 8.11. The van der Waals surface area contributed by atoms with Gasteiger partial charge in [-0.1, -0.05) is 91.0 Å². The Morgan fingerprint density at radius 1 is 0.615 bits per heavy atom. The molecule has 19 heteroatoms. The largest absolute Gasteiger partial charge is 0.399 e. The van der Waals surface area contributed by atoms with Crippen LogP contribution in [0.3, 0.4) is 0 Å². The van der Waals surface area contributed by atoms with Gasteiger partial charge in [-0.05, 0) is 33.9 Å². The number of halogens is 4. The molecule has 0 fully saturated rings. The zero-order valence-corrected chi connectivity index (χ0v) is 28.7. The molecule has 3 unspecified atom stereocenters. The minimum atomic E-state index is -5.88. The van der Waals surface area contributed by atoms with Crippen LogP contribution in [-0.4, -0.2) is 55.4 Å². The number of amides is 3. The SMILES string of the molecule is NC(=O)C(Cc1ccc(C(F)(F)P(=O)(O)O)cc1)NC(=O)C(Cc1ccc(C(F)(F)P(=O)(O)O)cc1)NC(=O)C(N)Cc1ccc2ccccc2c1. The Hall–Kier alpha value is -4.47. The molecule has 0 saturated carbocycles. The van der Waals surface area contributed by atoms with Crippen LogP contribution in [0, 0.1) is 0 Å². The maximum absolute atomic E-state index is 14.2. The molecule has 0 aliphatic carbocycles. The fourth-order valence-corrected chi connectivity index (χ4v) is 6.16. The van der Waals surface area contributed by atoms with E-state index in [9.17, 15) is 41.1 Å². The molecule has 0 aliphatic rings. The number of hydrogen-bond acceptors (Lipinski definition) is 6. The molecule has 0 heterocycles. The normalized spacial score (nSPS) is 14.3. The molecule has 278 valence electrons. The summed E-state index contributed by atoms with van der Waals surface area (Å²) in [5.74, 6) is -2.89. The zero-order valence-electron chi connectivity index (χ0n) is 26.9. The van der Waals surface area contributed by atoms with Crippen molar-refractivity contribution in [2.24, 2.45) is 11.5 Å². The molecule has 3 atom stereocenters. The molecule has 0 aromatic heterocycles. The minimum absolute atomic E-state index is 0.0398. The lowest BCUT2D eigenvalue weighted by Gasteiger charge is -2.24. The summed E-state index contributed by atoms with van der Waals surface area (Å²) in [6, 6.07) is 15.8. The highest BCUT2D eigenvalue weighted by Gasteiger charge is 2.51. The van der Waals surface area contributed by atoms with E-state index in [2.05, 4.69) is 10.6 Å². The molecule has 10 N–H and O–H groups in total. The number of carbonyl (C=O) groups excluding carboxylic acids is 3. The number of alkyl halides is 4. The number of nitrogens with two attached hydrogens (primary N) is 2. The van der Waals surface area contributed by atoms with E-state index in [1.54, 1.807) is 6.07 Å². The van der Waals surface area contributed by atoms with Crippen molar-refractivity contribution in [2.75, 3.05) is 0 Å². The summed E-state index contributed by atoms with van der Waals surface area (Å²) in [6.45, 7) is 0. The van der Waals surface area contributed by atoms with Crippen molar-refractivity contribution in [1.82, 2.24) is 10.6 Å². The highest BCUT2D eigenvalue weighted by atomic mass is 31.2. The van der Waals surface area contributed by atoms with Gasteiger partial charge in [0, 0.05) is 24.0 Å². The van der Waals surface area contributed by atoms with Crippen molar-refractivity contribution < 1.29 is 60.6 Å². The molecule has 0 spiro atoms. The smallest absolute Gasteiger partial charge is 0.368 e. The molecular weight excluding hydrogens is 734 g/mol. The Morgan fingerprint density at radius 2 is 1.04 bits per heavy atom. The number of carbonyl (C=O) groups is 3. The Balaban J connectivity index is 1.56. The number of benzene rings is 4. The lowest BCUT2D eigenvalue weighted by molar-refractivity contribution is -0.131.